The van der Waals surface area contributed by atoms with Crippen LogP contribution in [-0.2, 0) is 4.79 Å². The Bertz CT molecular complexity index is 440. The van der Waals surface area contributed by atoms with E-state index in [-0.39, 0.29) is 0 Å². The quantitative estimate of drug-likeness (QED) is 0.0941. The molecule has 0 spiro atoms. The Balaban J connectivity index is 4.20. The van der Waals surface area contributed by atoms with Crippen LogP contribution in [0.4, 0.5) is 0 Å². The molecule has 0 aliphatic heterocycles. The van der Waals surface area contributed by atoms with Crippen LogP contribution in [-0.4, -0.2) is 11.1 Å². The average molecular weight is 479 g/mol. The number of hydrogen-bond acceptors (Lipinski definition) is 1. The van der Waals surface area contributed by atoms with Crippen molar-refractivity contribution < 1.29 is 9.90 Å². The summed E-state index contributed by atoms with van der Waals surface area (Å²) in [5.74, 6) is -0.517. The smallest absolute Gasteiger partial charge is 0.309 e. The van der Waals surface area contributed by atoms with Gasteiger partial charge < -0.3 is 5.11 Å². The molecule has 0 aromatic rings. The van der Waals surface area contributed by atoms with E-state index in [1.165, 1.54) is 122 Å². The predicted octanol–water partition coefficient (Wildman–Crippen LogP) is 11.4. The minimum Gasteiger partial charge on any atom is -0.481 e. The van der Waals surface area contributed by atoms with Crippen LogP contribution in [0.3, 0.4) is 0 Å². The van der Waals surface area contributed by atoms with Crippen LogP contribution in [0.2, 0.25) is 0 Å². The molecule has 0 rings (SSSR count). The van der Waals surface area contributed by atoms with Crippen molar-refractivity contribution in [2.45, 2.75) is 181 Å². The second-order valence-corrected chi connectivity index (χ2v) is 10.9. The standard InChI is InChI=1S/C32H62O2/c1-4-7-10-13-14-15-16-17-18-19-20-21-24-27-30-32(31(33)34,28-25-22-11-8-5-2)29-26-23-12-9-6-3/h17-18H,4-16,19-30H2,1-3H3,(H,33,34)/b18-17-. The molecule has 0 bridgehead atoms. The molecular formula is C32H62O2. The molecule has 0 aromatic heterocycles. The highest BCUT2D eigenvalue weighted by Gasteiger charge is 2.36. The molecule has 0 aliphatic carbocycles. The highest BCUT2D eigenvalue weighted by molar-refractivity contribution is 5.74. The molecule has 2 nitrogen and oxygen atoms in total. The Morgan fingerprint density at radius 3 is 1.12 bits per heavy atom. The number of rotatable bonds is 27. The van der Waals surface area contributed by atoms with Crippen molar-refractivity contribution in [3.63, 3.8) is 0 Å². The van der Waals surface area contributed by atoms with Crippen molar-refractivity contribution in [2.24, 2.45) is 5.41 Å². The summed E-state index contributed by atoms with van der Waals surface area (Å²) in [7, 11) is 0. The van der Waals surface area contributed by atoms with Crippen molar-refractivity contribution in [1.82, 2.24) is 0 Å². The van der Waals surface area contributed by atoms with E-state index in [9.17, 15) is 9.90 Å². The van der Waals surface area contributed by atoms with Crippen LogP contribution in [0.1, 0.15) is 181 Å². The minimum atomic E-state index is -0.517. The van der Waals surface area contributed by atoms with Crippen LogP contribution in [0.25, 0.3) is 0 Å². The number of carbonyl (C=O) groups is 1. The summed E-state index contributed by atoms with van der Waals surface area (Å²) in [6.07, 6.45) is 35.0. The van der Waals surface area contributed by atoms with Gasteiger partial charge in [0.05, 0.1) is 5.41 Å². The van der Waals surface area contributed by atoms with E-state index in [0.717, 1.165) is 38.5 Å². The Kier molecular flexibility index (Phi) is 24.7. The third-order valence-electron chi connectivity index (χ3n) is 7.64. The molecule has 2 heteroatoms. The number of carboxylic acids is 1. The summed E-state index contributed by atoms with van der Waals surface area (Å²) in [6.45, 7) is 6.75. The Morgan fingerprint density at radius 1 is 0.500 bits per heavy atom. The first-order chi connectivity index (χ1) is 16.6. The van der Waals surface area contributed by atoms with E-state index < -0.39 is 11.4 Å². The Labute approximate surface area is 214 Å². The lowest BCUT2D eigenvalue weighted by Crippen LogP contribution is -2.31. The van der Waals surface area contributed by atoms with Gasteiger partial charge in [0.25, 0.3) is 0 Å². The van der Waals surface area contributed by atoms with Crippen LogP contribution >= 0.6 is 0 Å². The van der Waals surface area contributed by atoms with Gasteiger partial charge in [0.1, 0.15) is 0 Å². The topological polar surface area (TPSA) is 37.3 Å². The SMILES string of the molecule is CCCCCCCC/C=C\CCCCCCC(CCCCCCC)(CCCCCCC)C(=O)O. The third kappa shape index (κ3) is 19.5. The van der Waals surface area contributed by atoms with E-state index in [4.69, 9.17) is 0 Å². The van der Waals surface area contributed by atoms with Gasteiger partial charge >= 0.3 is 5.97 Å². The maximum absolute atomic E-state index is 12.4. The van der Waals surface area contributed by atoms with Crippen molar-refractivity contribution >= 4 is 5.97 Å². The minimum absolute atomic E-state index is 0.463. The zero-order valence-electron chi connectivity index (χ0n) is 23.7. The highest BCUT2D eigenvalue weighted by atomic mass is 16.4. The van der Waals surface area contributed by atoms with Crippen LogP contribution in [0, 0.1) is 5.41 Å². The summed E-state index contributed by atoms with van der Waals surface area (Å²) in [5, 5.41) is 10.2. The molecule has 1 N–H and O–H groups in total. The van der Waals surface area contributed by atoms with E-state index in [1.807, 2.05) is 0 Å². The van der Waals surface area contributed by atoms with Crippen molar-refractivity contribution in [1.29, 1.82) is 0 Å². The van der Waals surface area contributed by atoms with Gasteiger partial charge in [-0.15, -0.1) is 0 Å². The lowest BCUT2D eigenvalue weighted by molar-refractivity contribution is -0.150. The molecule has 34 heavy (non-hydrogen) atoms. The fraction of sp³-hybridized carbons (Fsp3) is 0.906. The predicted molar refractivity (Wildman–Crippen MR) is 152 cm³/mol. The molecule has 0 fully saturated rings. The second kappa shape index (κ2) is 25.3. The Hall–Kier alpha value is -0.790. The second-order valence-electron chi connectivity index (χ2n) is 10.9. The largest absolute Gasteiger partial charge is 0.481 e. The van der Waals surface area contributed by atoms with Gasteiger partial charge in [-0.05, 0) is 44.9 Å². The van der Waals surface area contributed by atoms with E-state index in [2.05, 4.69) is 32.9 Å². The molecule has 0 saturated heterocycles. The molecular weight excluding hydrogens is 416 g/mol. The van der Waals surface area contributed by atoms with Gasteiger partial charge in [0.2, 0.25) is 0 Å². The molecule has 0 atom stereocenters. The number of carboxylic acid groups (broad SMARTS) is 1. The highest BCUT2D eigenvalue weighted by Crippen LogP contribution is 2.38. The third-order valence-corrected chi connectivity index (χ3v) is 7.64. The summed E-state index contributed by atoms with van der Waals surface area (Å²) in [4.78, 5) is 12.4. The van der Waals surface area contributed by atoms with Gasteiger partial charge in [-0.25, -0.2) is 0 Å². The molecule has 202 valence electrons. The lowest BCUT2D eigenvalue weighted by atomic mass is 9.74. The monoisotopic (exact) mass is 478 g/mol. The van der Waals surface area contributed by atoms with Crippen LogP contribution < -0.4 is 0 Å². The van der Waals surface area contributed by atoms with Gasteiger partial charge in [-0.3, -0.25) is 4.79 Å². The van der Waals surface area contributed by atoms with Crippen molar-refractivity contribution in [2.75, 3.05) is 0 Å². The summed E-state index contributed by atoms with van der Waals surface area (Å²) < 4.78 is 0. The zero-order chi connectivity index (χ0) is 25.2. The first-order valence-corrected chi connectivity index (χ1v) is 15.5. The Morgan fingerprint density at radius 2 is 0.794 bits per heavy atom. The zero-order valence-corrected chi connectivity index (χ0v) is 23.7. The fourth-order valence-corrected chi connectivity index (χ4v) is 5.19. The molecule has 0 amide bonds. The number of hydrogen-bond donors (Lipinski definition) is 1. The summed E-state index contributed by atoms with van der Waals surface area (Å²) in [6, 6.07) is 0. The maximum Gasteiger partial charge on any atom is 0.309 e. The van der Waals surface area contributed by atoms with Gasteiger partial charge in [0.15, 0.2) is 0 Å². The van der Waals surface area contributed by atoms with Crippen LogP contribution in [0.15, 0.2) is 12.2 Å². The molecule has 0 heterocycles. The van der Waals surface area contributed by atoms with Crippen molar-refractivity contribution in [3.8, 4) is 0 Å². The number of allylic oxidation sites excluding steroid dienone is 2. The lowest BCUT2D eigenvalue weighted by Gasteiger charge is -2.30. The first kappa shape index (κ1) is 33.2. The summed E-state index contributed by atoms with van der Waals surface area (Å²) >= 11 is 0. The molecule has 0 aliphatic rings. The first-order valence-electron chi connectivity index (χ1n) is 15.5. The van der Waals surface area contributed by atoms with Gasteiger partial charge in [-0.1, -0.05) is 148 Å². The van der Waals surface area contributed by atoms with Gasteiger partial charge in [0, 0.05) is 0 Å². The molecule has 0 aromatic carbocycles. The normalized spacial score (nSPS) is 12.1. The fourth-order valence-electron chi connectivity index (χ4n) is 5.19. The van der Waals surface area contributed by atoms with E-state index in [0.29, 0.717) is 0 Å². The van der Waals surface area contributed by atoms with Gasteiger partial charge in [-0.2, -0.15) is 0 Å². The van der Waals surface area contributed by atoms with Crippen molar-refractivity contribution in [3.05, 3.63) is 12.2 Å². The average Bonchev–Trinajstić information content (AvgIpc) is 2.83. The molecule has 0 radical (unpaired) electrons. The van der Waals surface area contributed by atoms with E-state index >= 15 is 0 Å². The molecule has 0 saturated carbocycles. The molecule has 0 unspecified atom stereocenters. The van der Waals surface area contributed by atoms with E-state index in [1.54, 1.807) is 0 Å². The summed E-state index contributed by atoms with van der Waals surface area (Å²) in [5.41, 5.74) is -0.463. The maximum atomic E-state index is 12.4. The number of unbranched alkanes of at least 4 members (excludes halogenated alkanes) is 18. The van der Waals surface area contributed by atoms with Crippen LogP contribution in [0.5, 0.6) is 0 Å². The number of aliphatic carboxylic acids is 1.